The maximum atomic E-state index is 8.57. The molecule has 0 rings (SSSR count). The Kier molecular flexibility index (Phi) is 20.0. The average Bonchev–Trinajstić information content (AvgIpc) is 0.918. The Balaban J connectivity index is 0. The number of hydrogen-bond acceptors (Lipinski definition) is 2. The molecule has 0 radical (unpaired) electrons. The van der Waals surface area contributed by atoms with Gasteiger partial charge in [-0.15, -0.1) is 0 Å². The van der Waals surface area contributed by atoms with Crippen LogP contribution in [0.4, 0.5) is 0 Å². The average molecular weight is 188 g/mol. The molecular weight excluding hydrogens is 184 g/mol. The third-order valence-corrected chi connectivity index (χ3v) is 0. The molecule has 0 spiro atoms. The van der Waals surface area contributed by atoms with Crippen molar-refractivity contribution in [2.45, 2.75) is 7.43 Å². The van der Waals surface area contributed by atoms with Crippen LogP contribution < -0.4 is 0 Å². The van der Waals surface area contributed by atoms with E-state index >= 15 is 0 Å². The van der Waals surface area contributed by atoms with Crippen molar-refractivity contribution < 1.29 is 39.7 Å². The van der Waals surface area contributed by atoms with Crippen molar-refractivity contribution >= 4 is 0 Å². The molecule has 0 aromatic rings. The molecular formula is CH4CeO2. The first kappa shape index (κ1) is 8.88. The summed E-state index contributed by atoms with van der Waals surface area (Å²) in [5, 5.41) is 0. The second kappa shape index (κ2) is 9.02. The molecule has 24 valence electrons. The molecule has 0 N–H and O–H groups in total. The van der Waals surface area contributed by atoms with Crippen molar-refractivity contribution in [1.29, 1.82) is 0 Å². The fraction of sp³-hybridized carbons (Fsp3) is 1.00. The number of rotatable bonds is 0. The quantitative estimate of drug-likeness (QED) is 0.551. The summed E-state index contributed by atoms with van der Waals surface area (Å²) in [7, 11) is 0. The van der Waals surface area contributed by atoms with Crippen LogP contribution in [0, 0.1) is 37.8 Å². The van der Waals surface area contributed by atoms with Gasteiger partial charge in [0, 0.05) is 0 Å². The molecule has 0 aromatic carbocycles. The Morgan fingerprint density at radius 2 is 1.25 bits per heavy atom. The molecule has 3 heteroatoms. The van der Waals surface area contributed by atoms with Crippen molar-refractivity contribution in [3.8, 4) is 0 Å². The first-order valence-corrected chi connectivity index (χ1v) is 2.97. The summed E-state index contributed by atoms with van der Waals surface area (Å²) in [6, 6.07) is 0. The van der Waals surface area contributed by atoms with Crippen molar-refractivity contribution in [1.82, 2.24) is 0 Å². The van der Waals surface area contributed by atoms with Crippen LogP contribution in [0.1, 0.15) is 7.43 Å². The molecule has 2 nitrogen and oxygen atoms in total. The van der Waals surface area contributed by atoms with Crippen LogP contribution in [0.25, 0.3) is 0 Å². The second-order valence-corrected chi connectivity index (χ2v) is 0.607. The van der Waals surface area contributed by atoms with E-state index < -0.39 is 37.8 Å². The van der Waals surface area contributed by atoms with Gasteiger partial charge in [0.1, 0.15) is 0 Å². The molecule has 0 aliphatic rings. The Morgan fingerprint density at radius 1 is 1.25 bits per heavy atom. The van der Waals surface area contributed by atoms with Crippen LogP contribution in [0.2, 0.25) is 0 Å². The van der Waals surface area contributed by atoms with Crippen LogP contribution in [-0.4, -0.2) is 0 Å². The molecule has 0 amide bonds. The second-order valence-electron chi connectivity index (χ2n) is 0.0833. The van der Waals surface area contributed by atoms with E-state index in [-0.39, 0.29) is 7.43 Å². The van der Waals surface area contributed by atoms with E-state index in [0.717, 1.165) is 0 Å². The monoisotopic (exact) mass is 188 g/mol. The third-order valence-electron chi connectivity index (χ3n) is 0. The Morgan fingerprint density at radius 3 is 1.25 bits per heavy atom. The standard InChI is InChI=1S/CH4.Ce.2O/h1H4;;;. The van der Waals surface area contributed by atoms with Crippen LogP contribution in [0.3, 0.4) is 0 Å². The summed E-state index contributed by atoms with van der Waals surface area (Å²) in [5.74, 6) is 0. The molecule has 0 aliphatic carbocycles. The van der Waals surface area contributed by atoms with E-state index in [1.54, 1.807) is 0 Å². The predicted molar refractivity (Wildman–Crippen MR) is 8.10 cm³/mol. The molecule has 0 aliphatic heterocycles. The Hall–Kier alpha value is 0.977. The predicted octanol–water partition coefficient (Wildman–Crippen LogP) is 0.398. The van der Waals surface area contributed by atoms with Crippen LogP contribution >= 0.6 is 0 Å². The van der Waals surface area contributed by atoms with Gasteiger partial charge in [-0.25, -0.2) is 0 Å². The summed E-state index contributed by atoms with van der Waals surface area (Å²) in [6.07, 6.45) is 0. The summed E-state index contributed by atoms with van der Waals surface area (Å²) >= 11 is -2.42. The maximum absolute atomic E-state index is 8.57. The topological polar surface area (TPSA) is 34.1 Å². The van der Waals surface area contributed by atoms with E-state index in [4.69, 9.17) is 1.88 Å². The van der Waals surface area contributed by atoms with Gasteiger partial charge in [-0.3, -0.25) is 0 Å². The molecule has 0 saturated heterocycles. The van der Waals surface area contributed by atoms with Gasteiger partial charge in [0.2, 0.25) is 0 Å². The van der Waals surface area contributed by atoms with E-state index in [0.29, 0.717) is 0 Å². The first-order chi connectivity index (χ1) is 1.41. The summed E-state index contributed by atoms with van der Waals surface area (Å²) in [6.45, 7) is 0. The Labute approximate surface area is 46.6 Å². The molecule has 0 saturated carbocycles. The third kappa shape index (κ3) is 12.2. The van der Waals surface area contributed by atoms with Gasteiger partial charge in [0.25, 0.3) is 0 Å². The molecule has 0 atom stereocenters. The van der Waals surface area contributed by atoms with Crippen LogP contribution in [0.5, 0.6) is 0 Å². The van der Waals surface area contributed by atoms with Gasteiger partial charge in [-0.2, -0.15) is 0 Å². The normalized spacial score (nSPS) is 2.00. The van der Waals surface area contributed by atoms with E-state index in [2.05, 4.69) is 0 Å². The molecule has 4 heavy (non-hydrogen) atoms. The zero-order valence-corrected chi connectivity index (χ0v) is 4.46. The molecule has 0 unspecified atom stereocenters. The van der Waals surface area contributed by atoms with E-state index in [1.807, 2.05) is 0 Å². The van der Waals surface area contributed by atoms with Gasteiger partial charge in [-0.1, -0.05) is 7.43 Å². The van der Waals surface area contributed by atoms with Gasteiger partial charge >= 0.3 is 39.7 Å². The fourth-order valence-electron chi connectivity index (χ4n) is 0. The van der Waals surface area contributed by atoms with Crippen molar-refractivity contribution in [2.75, 3.05) is 0 Å². The zero-order chi connectivity index (χ0) is 2.71. The Bertz CT molecular complexity index is 27.0. The minimum atomic E-state index is -2.42. The van der Waals surface area contributed by atoms with Crippen LogP contribution in [-0.2, 0) is 1.88 Å². The van der Waals surface area contributed by atoms with Gasteiger partial charge in [0.15, 0.2) is 0 Å². The van der Waals surface area contributed by atoms with Crippen molar-refractivity contribution in [3.63, 3.8) is 0 Å². The molecule has 0 heterocycles. The van der Waals surface area contributed by atoms with Gasteiger partial charge in [-0.05, 0) is 0 Å². The SMILES string of the molecule is C.[O]=[Ce]=[O]. The minimum absolute atomic E-state index is 0. The molecule has 0 fully saturated rings. The fourth-order valence-corrected chi connectivity index (χ4v) is 0. The summed E-state index contributed by atoms with van der Waals surface area (Å²) in [4.78, 5) is 0. The molecule has 0 aromatic heterocycles. The summed E-state index contributed by atoms with van der Waals surface area (Å²) in [5.41, 5.74) is 0. The van der Waals surface area contributed by atoms with E-state index in [1.165, 1.54) is 0 Å². The van der Waals surface area contributed by atoms with Gasteiger partial charge < -0.3 is 0 Å². The first-order valence-electron chi connectivity index (χ1n) is 0.408. The van der Waals surface area contributed by atoms with E-state index in [9.17, 15) is 0 Å². The van der Waals surface area contributed by atoms with Crippen LogP contribution in [0.15, 0.2) is 0 Å². The summed E-state index contributed by atoms with van der Waals surface area (Å²) < 4.78 is 17.1. The number of hydrogen-bond donors (Lipinski definition) is 0. The zero-order valence-electron chi connectivity index (χ0n) is 1.32. The van der Waals surface area contributed by atoms with Crippen molar-refractivity contribution in [3.05, 3.63) is 0 Å². The van der Waals surface area contributed by atoms with Crippen molar-refractivity contribution in [2.24, 2.45) is 0 Å². The van der Waals surface area contributed by atoms with Gasteiger partial charge in [0.05, 0.1) is 0 Å². The molecule has 0 bridgehead atoms.